The first-order chi connectivity index (χ1) is 6.63. The maximum Gasteiger partial charge on any atom is 4.00 e. The first-order valence-electron chi connectivity index (χ1n) is 4.19. The first kappa shape index (κ1) is 21.9. The van der Waals surface area contributed by atoms with E-state index in [9.17, 15) is 13.2 Å². The third-order valence-electron chi connectivity index (χ3n) is 1.71. The second kappa shape index (κ2) is 10.8. The van der Waals surface area contributed by atoms with Gasteiger partial charge in [-0.3, -0.25) is 6.08 Å². The molecule has 2 aliphatic rings. The van der Waals surface area contributed by atoms with Crippen molar-refractivity contribution in [2.24, 2.45) is 5.92 Å². The number of rotatable bonds is 0. The van der Waals surface area contributed by atoms with Crippen LogP contribution in [-0.4, -0.2) is 0 Å². The maximum atomic E-state index is 12.1. The van der Waals surface area contributed by atoms with E-state index in [1.54, 1.807) is 0 Å². The fourth-order valence-electron chi connectivity index (χ4n) is 0.952. The maximum absolute atomic E-state index is 12.1. The molecule has 0 aromatic rings. The molecular formula is C13H15F3Zr. The fraction of sp³-hybridized carbons (Fsp3) is 0.231. The van der Waals surface area contributed by atoms with Gasteiger partial charge in [-0.1, -0.05) is 12.8 Å². The average Bonchev–Trinajstić information content (AvgIpc) is 2.78. The molecule has 0 aromatic carbocycles. The third kappa shape index (κ3) is 6.83. The molecule has 0 aliphatic heterocycles. The van der Waals surface area contributed by atoms with Crippen molar-refractivity contribution in [3.05, 3.63) is 62.7 Å². The summed E-state index contributed by atoms with van der Waals surface area (Å²) in [5.41, 5.74) is 0. The summed E-state index contributed by atoms with van der Waals surface area (Å²) in [4.78, 5) is 0. The second-order valence-corrected chi connectivity index (χ2v) is 2.84. The standard InChI is InChI=1S/C6H4F3.C5H5.2CH3.Zr/c1-3-2-4(7)6(9)5(3)8;1-2-4-5-3-1;;;/h3H,1H3;1-3H,4H2;2*1H3;/q4*-1;+4. The molecule has 0 bridgehead atoms. The molecule has 0 aromatic heterocycles. The fourth-order valence-corrected chi connectivity index (χ4v) is 0.952. The van der Waals surface area contributed by atoms with Crippen molar-refractivity contribution in [3.8, 4) is 0 Å². The molecule has 2 rings (SSSR count). The van der Waals surface area contributed by atoms with Gasteiger partial charge >= 0.3 is 26.2 Å². The smallest absolute Gasteiger partial charge is 0.358 e. The Kier molecular flexibility index (Phi) is 13.9. The van der Waals surface area contributed by atoms with Crippen LogP contribution in [0.3, 0.4) is 0 Å². The van der Waals surface area contributed by atoms with Crippen molar-refractivity contribution in [2.45, 2.75) is 13.3 Å². The zero-order valence-electron chi connectivity index (χ0n) is 10.2. The number of hydrogen-bond acceptors (Lipinski definition) is 0. The minimum absolute atomic E-state index is 0. The van der Waals surface area contributed by atoms with Crippen LogP contribution in [0.1, 0.15) is 13.3 Å². The van der Waals surface area contributed by atoms with Crippen LogP contribution in [-0.2, 0) is 26.2 Å². The zero-order chi connectivity index (χ0) is 10.6. The van der Waals surface area contributed by atoms with Crippen LogP contribution in [0.4, 0.5) is 13.2 Å². The second-order valence-electron chi connectivity index (χ2n) is 2.84. The molecule has 0 saturated carbocycles. The Labute approximate surface area is 121 Å². The van der Waals surface area contributed by atoms with E-state index in [-0.39, 0.29) is 41.1 Å². The molecule has 17 heavy (non-hydrogen) atoms. The number of halogens is 3. The monoisotopic (exact) mass is 318 g/mol. The van der Waals surface area contributed by atoms with E-state index in [1.807, 2.05) is 18.2 Å². The molecule has 1 unspecified atom stereocenters. The van der Waals surface area contributed by atoms with E-state index in [4.69, 9.17) is 0 Å². The Bertz CT molecular complexity index is 318. The summed E-state index contributed by atoms with van der Waals surface area (Å²) in [6.07, 6.45) is 11.9. The van der Waals surface area contributed by atoms with Crippen LogP contribution in [0, 0.1) is 32.9 Å². The minimum atomic E-state index is -1.40. The van der Waals surface area contributed by atoms with Crippen LogP contribution in [0.5, 0.6) is 0 Å². The van der Waals surface area contributed by atoms with Gasteiger partial charge in [-0.25, -0.2) is 27.0 Å². The summed E-state index contributed by atoms with van der Waals surface area (Å²) in [7, 11) is 0. The number of hydrogen-bond donors (Lipinski definition) is 0. The normalized spacial score (nSPS) is 19.5. The van der Waals surface area contributed by atoms with Crippen molar-refractivity contribution >= 4 is 0 Å². The molecule has 92 valence electrons. The van der Waals surface area contributed by atoms with Crippen LogP contribution in [0.15, 0.2) is 35.7 Å². The van der Waals surface area contributed by atoms with Gasteiger partial charge in [-0.05, 0) is 5.83 Å². The van der Waals surface area contributed by atoms with E-state index < -0.39 is 23.4 Å². The first-order valence-corrected chi connectivity index (χ1v) is 4.19. The largest absolute Gasteiger partial charge is 4.00 e. The molecule has 0 fully saturated rings. The van der Waals surface area contributed by atoms with Gasteiger partial charge in [0.1, 0.15) is 0 Å². The van der Waals surface area contributed by atoms with Crippen LogP contribution < -0.4 is 0 Å². The van der Waals surface area contributed by atoms with Gasteiger partial charge in [0.05, 0.1) is 0 Å². The Morgan fingerprint density at radius 3 is 1.94 bits per heavy atom. The van der Waals surface area contributed by atoms with Crippen LogP contribution >= 0.6 is 0 Å². The van der Waals surface area contributed by atoms with Crippen LogP contribution in [0.2, 0.25) is 0 Å². The Morgan fingerprint density at radius 1 is 1.24 bits per heavy atom. The predicted octanol–water partition coefficient (Wildman–Crippen LogP) is 4.65. The van der Waals surface area contributed by atoms with Gasteiger partial charge < -0.3 is 19.2 Å². The summed E-state index contributed by atoms with van der Waals surface area (Å²) >= 11 is 0. The molecular weight excluding hydrogens is 304 g/mol. The van der Waals surface area contributed by atoms with E-state index >= 15 is 0 Å². The molecule has 0 radical (unpaired) electrons. The molecule has 4 heteroatoms. The molecule has 0 spiro atoms. The summed E-state index contributed by atoms with van der Waals surface area (Å²) in [5.74, 6) is -4.53. The van der Waals surface area contributed by atoms with Crippen molar-refractivity contribution in [1.82, 2.24) is 0 Å². The third-order valence-corrected chi connectivity index (χ3v) is 1.71. The average molecular weight is 319 g/mol. The van der Waals surface area contributed by atoms with Crippen molar-refractivity contribution in [2.75, 3.05) is 0 Å². The Morgan fingerprint density at radius 2 is 1.82 bits per heavy atom. The predicted molar refractivity (Wildman–Crippen MR) is 60.7 cm³/mol. The van der Waals surface area contributed by atoms with Gasteiger partial charge in [-0.2, -0.15) is 6.08 Å². The molecule has 2 aliphatic carbocycles. The SMILES string of the molecule is CC1[C-]=C(F)C(F)=C1F.[C-]1=CC=CC1.[CH3-].[CH3-].[Zr+4]. The van der Waals surface area contributed by atoms with Gasteiger partial charge in [-0.15, -0.1) is 6.42 Å². The summed E-state index contributed by atoms with van der Waals surface area (Å²) in [6.45, 7) is 1.33. The molecule has 0 heterocycles. The molecule has 0 amide bonds. The molecule has 0 N–H and O–H groups in total. The number of allylic oxidation sites excluding steroid dienone is 8. The van der Waals surface area contributed by atoms with E-state index in [1.165, 1.54) is 6.92 Å². The summed E-state index contributed by atoms with van der Waals surface area (Å²) < 4.78 is 36.1. The quantitative estimate of drug-likeness (QED) is 0.570. The van der Waals surface area contributed by atoms with E-state index in [0.717, 1.165) is 6.42 Å². The Balaban J connectivity index is -0.000000216. The summed E-state index contributed by atoms with van der Waals surface area (Å²) in [6, 6.07) is 0. The topological polar surface area (TPSA) is 0 Å². The van der Waals surface area contributed by atoms with Crippen molar-refractivity contribution < 1.29 is 39.4 Å². The van der Waals surface area contributed by atoms with E-state index in [2.05, 4.69) is 12.2 Å². The Hall–Kier alpha value is -0.367. The molecule has 0 saturated heterocycles. The van der Waals surface area contributed by atoms with Gasteiger partial charge in [0.25, 0.3) is 0 Å². The molecule has 1 atom stereocenters. The molecule has 0 nitrogen and oxygen atoms in total. The zero-order valence-corrected chi connectivity index (χ0v) is 12.6. The van der Waals surface area contributed by atoms with Gasteiger partial charge in [0.2, 0.25) is 0 Å². The van der Waals surface area contributed by atoms with Crippen molar-refractivity contribution in [3.63, 3.8) is 0 Å². The van der Waals surface area contributed by atoms with Gasteiger partial charge in [0.15, 0.2) is 0 Å². The summed E-state index contributed by atoms with van der Waals surface area (Å²) in [5, 5.41) is 0. The minimum Gasteiger partial charge on any atom is -0.358 e. The van der Waals surface area contributed by atoms with Gasteiger partial charge in [0, 0.05) is 11.7 Å². The van der Waals surface area contributed by atoms with E-state index in [0.29, 0.717) is 0 Å². The van der Waals surface area contributed by atoms with Crippen LogP contribution in [0.25, 0.3) is 0 Å². The van der Waals surface area contributed by atoms with Crippen molar-refractivity contribution in [1.29, 1.82) is 0 Å².